The number of hydrogen-bond acceptors (Lipinski definition) is 6. The number of carbonyl (C=O) groups excluding carboxylic acids is 2. The number of benzene rings is 2. The molecule has 8 nitrogen and oxygen atoms in total. The number of hydrazone groups is 1. The largest absolute Gasteiger partial charge is 0.488 e. The lowest BCUT2D eigenvalue weighted by Gasteiger charge is -2.30. The molecule has 0 spiro atoms. The smallest absolute Gasteiger partial charge is 0.243 e. The highest BCUT2D eigenvalue weighted by molar-refractivity contribution is 5.90. The summed E-state index contributed by atoms with van der Waals surface area (Å²) in [5.41, 5.74) is 1.85. The fourth-order valence-corrected chi connectivity index (χ4v) is 4.44. The van der Waals surface area contributed by atoms with Crippen molar-refractivity contribution in [2.45, 2.75) is 50.4 Å². The van der Waals surface area contributed by atoms with Crippen molar-refractivity contribution in [2.24, 2.45) is 10.9 Å². The Labute approximate surface area is 194 Å². The predicted molar refractivity (Wildman–Crippen MR) is 127 cm³/mol. The van der Waals surface area contributed by atoms with E-state index in [2.05, 4.69) is 15.7 Å². The molecule has 8 heteroatoms. The van der Waals surface area contributed by atoms with Gasteiger partial charge in [0.05, 0.1) is 18.8 Å². The van der Waals surface area contributed by atoms with E-state index in [1.807, 2.05) is 54.6 Å². The molecule has 0 saturated carbocycles. The van der Waals surface area contributed by atoms with Crippen molar-refractivity contribution in [1.82, 2.24) is 15.5 Å². The summed E-state index contributed by atoms with van der Waals surface area (Å²) in [6.07, 6.45) is 4.69. The number of hydrogen-bond donors (Lipinski definition) is 3. The molecule has 0 bridgehead atoms. The first kappa shape index (κ1) is 22.8. The van der Waals surface area contributed by atoms with Gasteiger partial charge in [-0.2, -0.15) is 5.10 Å². The molecule has 33 heavy (non-hydrogen) atoms. The highest BCUT2D eigenvalue weighted by Crippen LogP contribution is 2.25. The lowest BCUT2D eigenvalue weighted by atomic mass is 10.0. The van der Waals surface area contributed by atoms with Gasteiger partial charge in [-0.25, -0.2) is 0 Å². The number of amides is 2. The predicted octanol–water partition coefficient (Wildman–Crippen LogP) is 1.79. The third-order valence-electron chi connectivity index (χ3n) is 6.17. The molecule has 2 aliphatic heterocycles. The number of ether oxygens (including phenoxy) is 1. The Morgan fingerprint density at radius 3 is 2.64 bits per heavy atom. The number of piperidine rings is 1. The summed E-state index contributed by atoms with van der Waals surface area (Å²) in [6.45, 7) is 1.61. The third kappa shape index (κ3) is 5.90. The summed E-state index contributed by atoms with van der Waals surface area (Å²) in [7, 11) is 0. The Bertz CT molecular complexity index is 958. The maximum atomic E-state index is 13.3. The topological polar surface area (TPSA) is 109 Å². The van der Waals surface area contributed by atoms with Gasteiger partial charge in [-0.1, -0.05) is 48.9 Å². The van der Waals surface area contributed by atoms with E-state index in [9.17, 15) is 9.59 Å². The molecule has 0 aliphatic carbocycles. The first-order chi connectivity index (χ1) is 16.1. The SMILES string of the molecule is NN=Cc1ccc(CNC(=O)[C@@H]2C[C@H](Oc3ccccc3)CN2C(=O)[C@H]2CCCCN2)cc1. The van der Waals surface area contributed by atoms with Crippen LogP contribution >= 0.6 is 0 Å². The Kier molecular flexibility index (Phi) is 7.57. The van der Waals surface area contributed by atoms with Gasteiger partial charge < -0.3 is 26.1 Å². The van der Waals surface area contributed by atoms with Gasteiger partial charge in [0.15, 0.2) is 0 Å². The van der Waals surface area contributed by atoms with Crippen molar-refractivity contribution in [3.8, 4) is 5.75 Å². The number of nitrogens with two attached hydrogens (primary N) is 1. The van der Waals surface area contributed by atoms with E-state index in [1.165, 1.54) is 0 Å². The van der Waals surface area contributed by atoms with Crippen molar-refractivity contribution in [2.75, 3.05) is 13.1 Å². The molecule has 2 aliphatic rings. The zero-order valence-electron chi connectivity index (χ0n) is 18.7. The first-order valence-electron chi connectivity index (χ1n) is 11.5. The molecule has 4 rings (SSSR count). The highest BCUT2D eigenvalue weighted by atomic mass is 16.5. The van der Waals surface area contributed by atoms with E-state index >= 15 is 0 Å². The normalized spacial score (nSPS) is 22.9. The molecule has 2 aromatic rings. The van der Waals surface area contributed by atoms with Crippen LogP contribution in [-0.2, 0) is 16.1 Å². The number of rotatable bonds is 7. The summed E-state index contributed by atoms with van der Waals surface area (Å²) in [6, 6.07) is 16.4. The van der Waals surface area contributed by atoms with Gasteiger partial charge in [-0.05, 0) is 42.6 Å². The number of para-hydroxylation sites is 1. The second kappa shape index (κ2) is 11.0. The summed E-state index contributed by atoms with van der Waals surface area (Å²) in [5, 5.41) is 9.82. The zero-order valence-corrected chi connectivity index (χ0v) is 18.7. The molecule has 2 saturated heterocycles. The van der Waals surface area contributed by atoms with Gasteiger partial charge in [0, 0.05) is 13.0 Å². The highest BCUT2D eigenvalue weighted by Gasteiger charge is 2.42. The minimum Gasteiger partial charge on any atom is -0.488 e. The average Bonchev–Trinajstić information content (AvgIpc) is 3.28. The number of carbonyl (C=O) groups is 2. The van der Waals surface area contributed by atoms with E-state index in [1.54, 1.807) is 11.1 Å². The van der Waals surface area contributed by atoms with Crippen LogP contribution in [0.15, 0.2) is 59.7 Å². The minimum absolute atomic E-state index is 0.0144. The van der Waals surface area contributed by atoms with Crippen molar-refractivity contribution >= 4 is 18.0 Å². The average molecular weight is 450 g/mol. The van der Waals surface area contributed by atoms with E-state index in [0.29, 0.717) is 19.5 Å². The van der Waals surface area contributed by atoms with Crippen molar-refractivity contribution in [1.29, 1.82) is 0 Å². The van der Waals surface area contributed by atoms with Crippen LogP contribution in [0.25, 0.3) is 0 Å². The van der Waals surface area contributed by atoms with Crippen LogP contribution in [-0.4, -0.2) is 54.2 Å². The molecule has 4 N–H and O–H groups in total. The quantitative estimate of drug-likeness (QED) is 0.339. The van der Waals surface area contributed by atoms with Crippen LogP contribution in [0.4, 0.5) is 0 Å². The first-order valence-corrected chi connectivity index (χ1v) is 11.5. The Morgan fingerprint density at radius 2 is 1.94 bits per heavy atom. The second-order valence-corrected chi connectivity index (χ2v) is 8.54. The van der Waals surface area contributed by atoms with Crippen LogP contribution < -0.4 is 21.2 Å². The van der Waals surface area contributed by atoms with Crippen LogP contribution in [0.2, 0.25) is 0 Å². The molecule has 2 fully saturated rings. The monoisotopic (exact) mass is 449 g/mol. The second-order valence-electron chi connectivity index (χ2n) is 8.54. The van der Waals surface area contributed by atoms with E-state index in [0.717, 1.165) is 42.7 Å². The molecule has 2 aromatic carbocycles. The van der Waals surface area contributed by atoms with Crippen LogP contribution in [0, 0.1) is 0 Å². The molecule has 3 atom stereocenters. The van der Waals surface area contributed by atoms with Gasteiger partial charge in [-0.15, -0.1) is 0 Å². The number of likely N-dealkylation sites (tertiary alicyclic amines) is 1. The molecule has 174 valence electrons. The standard InChI is InChI=1S/C25H31N5O3/c26-29-16-19-11-9-18(10-12-19)15-28-24(31)23-14-21(33-20-6-2-1-3-7-20)17-30(23)25(32)22-8-4-5-13-27-22/h1-3,6-7,9-12,16,21-23,27H,4-5,8,13-15,17,26H2,(H,28,31)/t21-,22+,23-/m0/s1. The van der Waals surface area contributed by atoms with Gasteiger partial charge >= 0.3 is 0 Å². The summed E-state index contributed by atoms with van der Waals surface area (Å²) in [5.74, 6) is 5.75. The van der Waals surface area contributed by atoms with Gasteiger partial charge in [0.1, 0.15) is 17.9 Å². The molecular weight excluding hydrogens is 418 g/mol. The summed E-state index contributed by atoms with van der Waals surface area (Å²) < 4.78 is 6.11. The Morgan fingerprint density at radius 1 is 1.15 bits per heavy atom. The Hall–Kier alpha value is -3.39. The maximum Gasteiger partial charge on any atom is 0.243 e. The maximum absolute atomic E-state index is 13.3. The summed E-state index contributed by atoms with van der Waals surface area (Å²) in [4.78, 5) is 28.2. The van der Waals surface area contributed by atoms with Gasteiger partial charge in [0.2, 0.25) is 11.8 Å². The zero-order chi connectivity index (χ0) is 23.0. The number of nitrogens with one attached hydrogen (secondary N) is 2. The fraction of sp³-hybridized carbons (Fsp3) is 0.400. The van der Waals surface area contributed by atoms with E-state index in [4.69, 9.17) is 10.6 Å². The van der Waals surface area contributed by atoms with Crippen molar-refractivity contribution in [3.63, 3.8) is 0 Å². The molecular formula is C25H31N5O3. The van der Waals surface area contributed by atoms with Crippen LogP contribution in [0.1, 0.15) is 36.8 Å². The van der Waals surface area contributed by atoms with Crippen molar-refractivity contribution < 1.29 is 14.3 Å². The number of nitrogens with zero attached hydrogens (tertiary/aromatic N) is 2. The van der Waals surface area contributed by atoms with Crippen LogP contribution in [0.3, 0.4) is 0 Å². The van der Waals surface area contributed by atoms with Gasteiger partial charge in [-0.3, -0.25) is 9.59 Å². The lowest BCUT2D eigenvalue weighted by Crippen LogP contribution is -2.53. The van der Waals surface area contributed by atoms with E-state index in [-0.39, 0.29) is 24.0 Å². The molecule has 2 amide bonds. The lowest BCUT2D eigenvalue weighted by molar-refractivity contribution is -0.140. The van der Waals surface area contributed by atoms with E-state index < -0.39 is 6.04 Å². The molecule has 0 radical (unpaired) electrons. The third-order valence-corrected chi connectivity index (χ3v) is 6.17. The van der Waals surface area contributed by atoms with Crippen molar-refractivity contribution in [3.05, 3.63) is 65.7 Å². The minimum atomic E-state index is -0.557. The van der Waals surface area contributed by atoms with Gasteiger partial charge in [0.25, 0.3) is 0 Å². The Balaban J connectivity index is 1.43. The fourth-order valence-electron chi connectivity index (χ4n) is 4.44. The summed E-state index contributed by atoms with van der Waals surface area (Å²) >= 11 is 0. The molecule has 0 aromatic heterocycles. The molecule has 2 heterocycles. The van der Waals surface area contributed by atoms with Crippen LogP contribution in [0.5, 0.6) is 5.75 Å². The molecule has 0 unspecified atom stereocenters.